The first kappa shape index (κ1) is 55.7. The summed E-state index contributed by atoms with van der Waals surface area (Å²) in [7, 11) is 0. The van der Waals surface area contributed by atoms with Crippen LogP contribution in [0.15, 0.2) is 36.4 Å². The summed E-state index contributed by atoms with van der Waals surface area (Å²) in [4.78, 5) is 0. The third-order valence-electron chi connectivity index (χ3n) is 12.3. The third kappa shape index (κ3) is 13.7. The van der Waals surface area contributed by atoms with Gasteiger partial charge in [0.25, 0.3) is 0 Å². The van der Waals surface area contributed by atoms with Crippen LogP contribution in [0.2, 0.25) is 0 Å². The molecule has 0 saturated carbocycles. The van der Waals surface area contributed by atoms with Crippen molar-refractivity contribution in [3.05, 3.63) is 86.5 Å². The summed E-state index contributed by atoms with van der Waals surface area (Å²) < 4.78 is 20.3. The first-order chi connectivity index (χ1) is 30.1. The van der Waals surface area contributed by atoms with E-state index in [1.54, 1.807) is 0 Å². The topological polar surface area (TPSA) is 180 Å². The predicted molar refractivity (Wildman–Crippen MR) is 263 cm³/mol. The number of hydrogen-bond donors (Lipinski definition) is 4. The number of hydrogen-bond acceptors (Lipinski definition) is 10. The molecule has 0 aliphatic rings. The molecular formula is C56H81N3O7. The molecular weight excluding hydrogens is 827 g/mol. The van der Waals surface area contributed by atoms with E-state index < -0.39 is 62.8 Å². The van der Waals surface area contributed by atoms with Crippen LogP contribution >= 0.6 is 0 Å². The highest BCUT2D eigenvalue weighted by atomic mass is 16.5. The summed E-state index contributed by atoms with van der Waals surface area (Å²) in [6, 6.07) is 18.2. The Morgan fingerprint density at radius 3 is 0.712 bits per heavy atom. The summed E-state index contributed by atoms with van der Waals surface area (Å²) in [6.07, 6.45) is -2.45. The highest BCUT2D eigenvalue weighted by Gasteiger charge is 2.38. The molecule has 3 rings (SSSR count). The zero-order valence-electron chi connectivity index (χ0n) is 43.5. The normalized spacial score (nSPS) is 15.3. The van der Waals surface area contributed by atoms with E-state index in [4.69, 9.17) is 14.2 Å². The van der Waals surface area contributed by atoms with Crippen molar-refractivity contribution in [2.75, 3.05) is 26.4 Å². The molecule has 0 aliphatic carbocycles. The molecule has 3 aromatic rings. The van der Waals surface area contributed by atoms with Crippen LogP contribution in [0, 0.1) is 39.4 Å². The molecule has 0 heterocycles. The lowest BCUT2D eigenvalue weighted by Gasteiger charge is -2.36. The average Bonchev–Trinajstić information content (AvgIpc) is 3.17. The lowest BCUT2D eigenvalue weighted by Crippen LogP contribution is -2.42. The fourth-order valence-electron chi connectivity index (χ4n) is 8.12. The van der Waals surface area contributed by atoms with Gasteiger partial charge in [-0.1, -0.05) is 125 Å². The van der Waals surface area contributed by atoms with Gasteiger partial charge in [-0.25, -0.2) is 0 Å². The molecule has 362 valence electrons. The van der Waals surface area contributed by atoms with Gasteiger partial charge in [-0.15, -0.1) is 0 Å². The first-order valence-corrected chi connectivity index (χ1v) is 23.3. The fourth-order valence-corrected chi connectivity index (χ4v) is 8.12. The third-order valence-corrected chi connectivity index (χ3v) is 12.3. The number of nitrogens with zero attached hydrogens (tertiary/aromatic N) is 3. The Hall–Kier alpha value is -4.63. The van der Waals surface area contributed by atoms with Gasteiger partial charge in [-0.05, 0) is 119 Å². The summed E-state index contributed by atoms with van der Waals surface area (Å²) in [6.45, 7) is 35.4. The zero-order valence-corrected chi connectivity index (χ0v) is 43.5. The molecule has 0 amide bonds. The monoisotopic (exact) mass is 908 g/mol. The van der Waals surface area contributed by atoms with Crippen molar-refractivity contribution < 1.29 is 34.6 Å². The Labute approximate surface area is 397 Å². The highest BCUT2D eigenvalue weighted by molar-refractivity contribution is 5.53. The van der Waals surface area contributed by atoms with Crippen LogP contribution in [0.25, 0.3) is 0 Å². The van der Waals surface area contributed by atoms with Gasteiger partial charge in [-0.2, -0.15) is 15.8 Å². The van der Waals surface area contributed by atoms with Gasteiger partial charge in [0.05, 0.1) is 87.6 Å². The molecule has 10 nitrogen and oxygen atoms in total. The second-order valence-corrected chi connectivity index (χ2v) is 24.5. The lowest BCUT2D eigenvalue weighted by molar-refractivity contribution is -0.131. The molecule has 0 spiro atoms. The summed E-state index contributed by atoms with van der Waals surface area (Å²) in [5, 5.41) is 76.8. The van der Waals surface area contributed by atoms with E-state index in [1.807, 2.05) is 161 Å². The summed E-state index contributed by atoms with van der Waals surface area (Å²) in [5.74, 6) is 0.597. The molecule has 0 aromatic heterocycles. The van der Waals surface area contributed by atoms with Crippen molar-refractivity contribution in [1.29, 1.82) is 15.8 Å². The predicted octanol–water partition coefficient (Wildman–Crippen LogP) is 12.9. The number of benzene rings is 3. The Kier molecular flexibility index (Phi) is 17.5. The maximum Gasteiger partial charge on any atom is 0.123 e. The van der Waals surface area contributed by atoms with E-state index >= 15 is 0 Å². The Balaban J connectivity index is 2.29. The average molecular weight is 908 g/mol. The zero-order chi connectivity index (χ0) is 50.6. The van der Waals surface area contributed by atoms with Gasteiger partial charge in [0.1, 0.15) is 17.2 Å². The Bertz CT molecular complexity index is 1930. The number of rotatable bonds is 16. The quantitative estimate of drug-likeness (QED) is 0.108. The molecule has 0 fully saturated rings. The lowest BCUT2D eigenvalue weighted by atomic mass is 9.77. The highest BCUT2D eigenvalue weighted by Crippen LogP contribution is 2.46. The molecule has 0 aliphatic heterocycles. The van der Waals surface area contributed by atoms with Crippen LogP contribution in [0.1, 0.15) is 212 Å². The van der Waals surface area contributed by atoms with Crippen LogP contribution in [-0.4, -0.2) is 46.9 Å². The Morgan fingerprint density at radius 1 is 0.394 bits per heavy atom. The van der Waals surface area contributed by atoms with E-state index in [2.05, 4.69) is 18.2 Å². The van der Waals surface area contributed by atoms with E-state index in [1.165, 1.54) is 0 Å². The minimum Gasteiger partial charge on any atom is -0.507 e. The van der Waals surface area contributed by atoms with Gasteiger partial charge in [0.15, 0.2) is 0 Å². The molecule has 0 radical (unpaired) electrons. The van der Waals surface area contributed by atoms with Crippen molar-refractivity contribution >= 4 is 0 Å². The number of aromatic hydroxyl groups is 3. The second-order valence-electron chi connectivity index (χ2n) is 24.5. The van der Waals surface area contributed by atoms with Crippen LogP contribution in [-0.2, 0) is 46.7 Å². The van der Waals surface area contributed by atoms with E-state index in [-0.39, 0.29) is 56.3 Å². The number of aliphatic hydroxyl groups excluding tert-OH is 1. The van der Waals surface area contributed by atoms with Crippen molar-refractivity contribution in [3.8, 4) is 35.5 Å². The molecule has 10 heteroatoms. The van der Waals surface area contributed by atoms with Crippen LogP contribution in [0.4, 0.5) is 0 Å². The maximum absolute atomic E-state index is 11.6. The van der Waals surface area contributed by atoms with Crippen LogP contribution in [0.5, 0.6) is 17.2 Å². The molecule has 3 atom stereocenters. The molecule has 3 unspecified atom stereocenters. The van der Waals surface area contributed by atoms with Gasteiger partial charge < -0.3 is 34.6 Å². The standard InChI is InChI=1S/C56H81N3O7/c1-50(2,3)38-25-35(26-39(47(38)61)51(4,5)6)44(19-22-57)64-32-56(31-60,33-65-45(20-23-58)36-27-40(52(7,8)9)48(62)41(28-36)53(10,11)12)34-66-46(21-24-59)37-29-42(54(13,14)15)49(63)43(30-37)55(16,17)18/h25-30,44-46,60-63H,19-21,31-34H2,1-18H3. The molecule has 0 saturated heterocycles. The van der Waals surface area contributed by atoms with Crippen LogP contribution in [0.3, 0.4) is 0 Å². The minimum absolute atomic E-state index is 0.0351. The van der Waals surface area contributed by atoms with Gasteiger partial charge in [-0.3, -0.25) is 0 Å². The molecule has 0 bridgehead atoms. The van der Waals surface area contributed by atoms with Crippen molar-refractivity contribution in [1.82, 2.24) is 0 Å². The van der Waals surface area contributed by atoms with Gasteiger partial charge in [0.2, 0.25) is 0 Å². The molecule has 66 heavy (non-hydrogen) atoms. The minimum atomic E-state index is -1.31. The number of phenols is 3. The van der Waals surface area contributed by atoms with Crippen molar-refractivity contribution in [2.24, 2.45) is 5.41 Å². The summed E-state index contributed by atoms with van der Waals surface area (Å²) >= 11 is 0. The number of aliphatic hydroxyl groups is 1. The first-order valence-electron chi connectivity index (χ1n) is 23.3. The molecule has 3 aromatic carbocycles. The van der Waals surface area contributed by atoms with Crippen molar-refractivity contribution in [3.63, 3.8) is 0 Å². The largest absolute Gasteiger partial charge is 0.507 e. The van der Waals surface area contributed by atoms with Crippen molar-refractivity contribution in [2.45, 2.75) is 195 Å². The maximum atomic E-state index is 11.6. The van der Waals surface area contributed by atoms with E-state index in [0.717, 1.165) is 0 Å². The number of phenolic OH excluding ortho intramolecular Hbond substituents is 3. The van der Waals surface area contributed by atoms with Gasteiger partial charge in [0, 0.05) is 0 Å². The SMILES string of the molecule is CC(C)(C)c1cc(C(CC#N)OCC(CO)(COC(CC#N)c2cc(C(C)(C)C)c(O)c(C(C)(C)C)c2)COC(CC#N)c2cc(C(C)(C)C)c(O)c(C(C)(C)C)c2)cc(C(C)(C)C)c1O. The number of ether oxygens (including phenoxy) is 3. The van der Waals surface area contributed by atoms with E-state index in [0.29, 0.717) is 50.1 Å². The Morgan fingerprint density at radius 2 is 0.576 bits per heavy atom. The van der Waals surface area contributed by atoms with E-state index in [9.17, 15) is 36.2 Å². The fraction of sp³-hybridized carbons (Fsp3) is 0.625. The summed E-state index contributed by atoms with van der Waals surface area (Å²) in [5.41, 5.74) is 2.42. The second kappa shape index (κ2) is 20.7. The van der Waals surface area contributed by atoms with Gasteiger partial charge >= 0.3 is 0 Å². The number of nitriles is 3. The molecule has 4 N–H and O–H groups in total. The van der Waals surface area contributed by atoms with Crippen LogP contribution < -0.4 is 0 Å². The smallest absolute Gasteiger partial charge is 0.123 e.